The molecule has 3 aromatic heterocycles. The Bertz CT molecular complexity index is 1110. The molecule has 0 radical (unpaired) electrons. The number of carbonyl (C=O) groups is 1. The lowest BCUT2D eigenvalue weighted by Crippen LogP contribution is -2.39. The van der Waals surface area contributed by atoms with Crippen LogP contribution in [0.15, 0.2) is 24.7 Å². The van der Waals surface area contributed by atoms with Crippen LogP contribution in [0.25, 0.3) is 5.65 Å². The summed E-state index contributed by atoms with van der Waals surface area (Å²) >= 11 is 5.83. The van der Waals surface area contributed by atoms with Crippen molar-refractivity contribution in [2.45, 2.75) is 45.6 Å². The normalized spacial score (nSPS) is 21.8. The van der Waals surface area contributed by atoms with Gasteiger partial charge in [0.15, 0.2) is 5.65 Å². The first-order valence-electron chi connectivity index (χ1n) is 10.9. The van der Waals surface area contributed by atoms with Gasteiger partial charge in [-0.25, -0.2) is 19.5 Å². The minimum absolute atomic E-state index is 0.101. The topological polar surface area (TPSA) is 79.5 Å². The first-order valence-corrected chi connectivity index (χ1v) is 11.3. The van der Waals surface area contributed by atoms with E-state index in [2.05, 4.69) is 28.7 Å². The molecular formula is C22H26ClN7O. The van der Waals surface area contributed by atoms with Gasteiger partial charge >= 0.3 is 0 Å². The van der Waals surface area contributed by atoms with Gasteiger partial charge in [-0.15, -0.1) is 0 Å². The lowest BCUT2D eigenvalue weighted by Gasteiger charge is -2.34. The Labute approximate surface area is 186 Å². The standard InChI is InChI=1S/C22H26ClN7O/c1-14-6-8-28(12-14)21-15(2)13-30-20(26-21)9-16(27-30)18-5-3-4-7-29(18)22(31)17-10-25-19(23)11-24-17/h9-11,13-14,18H,3-8,12H2,1-2H3/t14-,18-/m0/s1. The Hall–Kier alpha value is -2.74. The second-order valence-corrected chi connectivity index (χ2v) is 9.08. The molecule has 2 aliphatic heterocycles. The van der Waals surface area contributed by atoms with E-state index in [9.17, 15) is 4.79 Å². The maximum atomic E-state index is 13.1. The third-order valence-electron chi connectivity index (χ3n) is 6.29. The summed E-state index contributed by atoms with van der Waals surface area (Å²) in [7, 11) is 0. The number of aryl methyl sites for hydroxylation is 1. The van der Waals surface area contributed by atoms with E-state index in [-0.39, 0.29) is 17.1 Å². The average molecular weight is 440 g/mol. The number of carbonyl (C=O) groups excluding carboxylic acids is 1. The molecule has 5 rings (SSSR count). The number of fused-ring (bicyclic) bond motifs is 1. The Kier molecular flexibility index (Phi) is 5.25. The highest BCUT2D eigenvalue weighted by Crippen LogP contribution is 2.32. The van der Waals surface area contributed by atoms with Gasteiger partial charge in [0, 0.05) is 37.5 Å². The fraction of sp³-hybridized carbons (Fsp3) is 0.500. The van der Waals surface area contributed by atoms with Gasteiger partial charge in [0.2, 0.25) is 0 Å². The van der Waals surface area contributed by atoms with Gasteiger partial charge in [0.1, 0.15) is 16.7 Å². The molecule has 0 spiro atoms. The van der Waals surface area contributed by atoms with Crippen LogP contribution in [0.3, 0.4) is 0 Å². The minimum atomic E-state index is -0.137. The SMILES string of the molecule is Cc1cn2nc([C@@H]3CCCCN3C(=O)c3cnc(Cl)cn3)cc2nc1N1CC[C@H](C)C1. The predicted molar refractivity (Wildman–Crippen MR) is 118 cm³/mol. The van der Waals surface area contributed by atoms with Crippen LogP contribution in [0.5, 0.6) is 0 Å². The monoisotopic (exact) mass is 439 g/mol. The number of hydrogen-bond donors (Lipinski definition) is 0. The molecule has 0 aromatic carbocycles. The number of hydrogen-bond acceptors (Lipinski definition) is 6. The van der Waals surface area contributed by atoms with Crippen LogP contribution in [0, 0.1) is 12.8 Å². The molecule has 31 heavy (non-hydrogen) atoms. The number of amides is 1. The van der Waals surface area contributed by atoms with Crippen LogP contribution < -0.4 is 4.90 Å². The molecule has 5 heterocycles. The van der Waals surface area contributed by atoms with Gasteiger partial charge in [-0.1, -0.05) is 18.5 Å². The molecule has 0 saturated carbocycles. The lowest BCUT2D eigenvalue weighted by molar-refractivity contribution is 0.0599. The Morgan fingerprint density at radius 2 is 2.03 bits per heavy atom. The lowest BCUT2D eigenvalue weighted by atomic mass is 9.99. The highest BCUT2D eigenvalue weighted by molar-refractivity contribution is 6.29. The molecule has 2 saturated heterocycles. The van der Waals surface area contributed by atoms with E-state index in [4.69, 9.17) is 21.7 Å². The third-order valence-corrected chi connectivity index (χ3v) is 6.49. The number of likely N-dealkylation sites (tertiary alicyclic amines) is 1. The van der Waals surface area contributed by atoms with Crippen LogP contribution in [-0.2, 0) is 0 Å². The van der Waals surface area contributed by atoms with Crippen molar-refractivity contribution in [1.82, 2.24) is 29.5 Å². The van der Waals surface area contributed by atoms with Crippen molar-refractivity contribution in [3.8, 4) is 0 Å². The molecule has 2 fully saturated rings. The summed E-state index contributed by atoms with van der Waals surface area (Å²) in [6.07, 6.45) is 8.98. The quantitative estimate of drug-likeness (QED) is 0.619. The second kappa shape index (κ2) is 8.07. The zero-order chi connectivity index (χ0) is 21.5. The van der Waals surface area contributed by atoms with Crippen LogP contribution in [0.4, 0.5) is 5.82 Å². The molecule has 0 unspecified atom stereocenters. The van der Waals surface area contributed by atoms with Crippen LogP contribution in [-0.4, -0.2) is 55.0 Å². The van der Waals surface area contributed by atoms with Crippen molar-refractivity contribution in [3.63, 3.8) is 0 Å². The van der Waals surface area contributed by atoms with Crippen molar-refractivity contribution in [3.05, 3.63) is 46.8 Å². The van der Waals surface area contributed by atoms with E-state index in [0.717, 1.165) is 55.1 Å². The van der Waals surface area contributed by atoms with Gasteiger partial charge in [0.25, 0.3) is 5.91 Å². The summed E-state index contributed by atoms with van der Waals surface area (Å²) in [5.74, 6) is 1.59. The smallest absolute Gasteiger partial charge is 0.274 e. The number of anilines is 1. The fourth-order valence-corrected chi connectivity index (χ4v) is 4.78. The van der Waals surface area contributed by atoms with Crippen molar-refractivity contribution in [2.75, 3.05) is 24.5 Å². The second-order valence-electron chi connectivity index (χ2n) is 8.69. The van der Waals surface area contributed by atoms with E-state index in [1.165, 1.54) is 18.8 Å². The van der Waals surface area contributed by atoms with Gasteiger partial charge in [-0.05, 0) is 38.5 Å². The van der Waals surface area contributed by atoms with Gasteiger partial charge in [0.05, 0.1) is 24.1 Å². The molecule has 2 atom stereocenters. The summed E-state index contributed by atoms with van der Waals surface area (Å²) in [5.41, 5.74) is 3.11. The summed E-state index contributed by atoms with van der Waals surface area (Å²) in [6, 6.07) is 1.92. The summed E-state index contributed by atoms with van der Waals surface area (Å²) in [4.78, 5) is 30.5. The molecule has 1 amide bonds. The van der Waals surface area contributed by atoms with Gasteiger partial charge < -0.3 is 9.80 Å². The maximum Gasteiger partial charge on any atom is 0.274 e. The number of nitrogens with zero attached hydrogens (tertiary/aromatic N) is 7. The van der Waals surface area contributed by atoms with Crippen molar-refractivity contribution in [2.24, 2.45) is 5.92 Å². The number of rotatable bonds is 3. The summed E-state index contributed by atoms with van der Waals surface area (Å²) < 4.78 is 1.84. The minimum Gasteiger partial charge on any atom is -0.356 e. The molecule has 3 aromatic rings. The fourth-order valence-electron chi connectivity index (χ4n) is 4.68. The number of piperidine rings is 1. The Morgan fingerprint density at radius 1 is 1.16 bits per heavy atom. The Morgan fingerprint density at radius 3 is 2.77 bits per heavy atom. The number of aromatic nitrogens is 5. The molecule has 2 aliphatic rings. The highest BCUT2D eigenvalue weighted by atomic mass is 35.5. The van der Waals surface area contributed by atoms with Crippen molar-refractivity contribution >= 4 is 29.0 Å². The number of halogens is 1. The molecule has 162 valence electrons. The molecule has 8 nitrogen and oxygen atoms in total. The van der Waals surface area contributed by atoms with E-state index < -0.39 is 0 Å². The van der Waals surface area contributed by atoms with Crippen LogP contribution in [0.1, 0.15) is 60.4 Å². The predicted octanol–water partition coefficient (Wildman–Crippen LogP) is 3.69. The summed E-state index contributed by atoms with van der Waals surface area (Å²) in [5, 5.41) is 5.08. The zero-order valence-electron chi connectivity index (χ0n) is 17.8. The highest BCUT2D eigenvalue weighted by Gasteiger charge is 2.32. The molecule has 0 N–H and O–H groups in total. The average Bonchev–Trinajstić information content (AvgIpc) is 3.39. The molecule has 9 heteroatoms. The van der Waals surface area contributed by atoms with Gasteiger partial charge in [-0.3, -0.25) is 4.79 Å². The van der Waals surface area contributed by atoms with Crippen LogP contribution >= 0.6 is 11.6 Å². The van der Waals surface area contributed by atoms with E-state index >= 15 is 0 Å². The van der Waals surface area contributed by atoms with Crippen molar-refractivity contribution < 1.29 is 4.79 Å². The van der Waals surface area contributed by atoms with E-state index in [1.54, 1.807) is 0 Å². The third kappa shape index (κ3) is 3.84. The van der Waals surface area contributed by atoms with E-state index in [1.807, 2.05) is 21.7 Å². The summed E-state index contributed by atoms with van der Waals surface area (Å²) in [6.45, 7) is 7.12. The molecule has 0 aliphatic carbocycles. The largest absolute Gasteiger partial charge is 0.356 e. The van der Waals surface area contributed by atoms with Crippen LogP contribution in [0.2, 0.25) is 5.15 Å². The zero-order valence-corrected chi connectivity index (χ0v) is 18.6. The van der Waals surface area contributed by atoms with Gasteiger partial charge in [-0.2, -0.15) is 5.10 Å². The van der Waals surface area contributed by atoms with E-state index in [0.29, 0.717) is 18.2 Å². The molecule has 0 bridgehead atoms. The first kappa shape index (κ1) is 20.2. The first-order chi connectivity index (χ1) is 15.0. The molecular weight excluding hydrogens is 414 g/mol. The Balaban J connectivity index is 1.46. The maximum absolute atomic E-state index is 13.1. The van der Waals surface area contributed by atoms with Crippen molar-refractivity contribution in [1.29, 1.82) is 0 Å².